The Kier molecular flexibility index (Phi) is 5.00. The van der Waals surface area contributed by atoms with Crippen LogP contribution in [0.4, 0.5) is 0 Å². The van der Waals surface area contributed by atoms with E-state index in [0.29, 0.717) is 30.8 Å². The summed E-state index contributed by atoms with van der Waals surface area (Å²) in [5.41, 5.74) is 0.563. The van der Waals surface area contributed by atoms with E-state index >= 15 is 0 Å². The van der Waals surface area contributed by atoms with Gasteiger partial charge >= 0.3 is 0 Å². The third-order valence-electron chi connectivity index (χ3n) is 5.37. The molecule has 158 valence electrons. The first-order valence-electron chi connectivity index (χ1n) is 10.1. The van der Waals surface area contributed by atoms with Crippen molar-refractivity contribution in [1.82, 2.24) is 25.5 Å². The van der Waals surface area contributed by atoms with Crippen molar-refractivity contribution in [1.29, 1.82) is 10.5 Å². The van der Waals surface area contributed by atoms with Gasteiger partial charge in [-0.25, -0.2) is 9.97 Å². The second-order valence-corrected chi connectivity index (χ2v) is 8.93. The number of nitriles is 2. The average Bonchev–Trinajstić information content (AvgIpc) is 3.24. The Morgan fingerprint density at radius 2 is 2.09 bits per heavy atom. The molecule has 0 spiro atoms. The van der Waals surface area contributed by atoms with E-state index in [0.717, 1.165) is 27.0 Å². The van der Waals surface area contributed by atoms with Crippen LogP contribution in [0.15, 0.2) is 22.6 Å². The van der Waals surface area contributed by atoms with Crippen LogP contribution in [0, 0.1) is 22.7 Å². The Balaban J connectivity index is 1.27. The van der Waals surface area contributed by atoms with Crippen LogP contribution in [0.2, 0.25) is 0 Å². The van der Waals surface area contributed by atoms with Crippen LogP contribution in [0.3, 0.4) is 0 Å². The minimum Gasteiger partial charge on any atom is -0.424 e. The summed E-state index contributed by atoms with van der Waals surface area (Å²) >= 11 is 1.55. The number of hydrogen-bond acceptors (Lipinski definition) is 9. The number of amides is 1. The monoisotopic (exact) mass is 443 g/mol. The molecule has 1 fully saturated rings. The molecule has 32 heavy (non-hydrogen) atoms. The molecule has 1 N–H and O–H groups in total. The predicted octanol–water partition coefficient (Wildman–Crippen LogP) is 0.847. The lowest BCUT2D eigenvalue weighted by molar-refractivity contribution is -0.121. The van der Waals surface area contributed by atoms with Gasteiger partial charge in [-0.2, -0.15) is 10.5 Å². The van der Waals surface area contributed by atoms with Gasteiger partial charge < -0.3 is 9.73 Å². The van der Waals surface area contributed by atoms with Crippen LogP contribution in [0.5, 0.6) is 0 Å². The lowest BCUT2D eigenvalue weighted by Gasteiger charge is -2.11. The molecule has 1 amide bonds. The molecule has 0 saturated heterocycles. The third kappa shape index (κ3) is 4.13. The molecular weight excluding hydrogens is 426 g/mol. The maximum absolute atomic E-state index is 12.1. The molecular formula is C22H17N7O2S. The van der Waals surface area contributed by atoms with E-state index in [1.165, 1.54) is 0 Å². The topological polar surface area (TPSA) is 141 Å². The van der Waals surface area contributed by atoms with E-state index in [9.17, 15) is 4.79 Å². The summed E-state index contributed by atoms with van der Waals surface area (Å²) in [6.07, 6.45) is 6.65. The highest BCUT2D eigenvalue weighted by molar-refractivity contribution is 7.09. The molecule has 2 aliphatic rings. The summed E-state index contributed by atoms with van der Waals surface area (Å²) in [6, 6.07) is 9.68. The highest BCUT2D eigenvalue weighted by atomic mass is 32.1. The lowest BCUT2D eigenvalue weighted by Crippen LogP contribution is -2.36. The highest BCUT2D eigenvalue weighted by Crippen LogP contribution is 2.34. The van der Waals surface area contributed by atoms with Crippen molar-refractivity contribution < 1.29 is 9.21 Å². The summed E-state index contributed by atoms with van der Waals surface area (Å²) < 4.78 is 6.66. The molecule has 2 aliphatic carbocycles. The van der Waals surface area contributed by atoms with Crippen LogP contribution < -0.4 is 15.2 Å². The highest BCUT2D eigenvalue weighted by Gasteiger charge is 2.44. The number of hydrogen-bond donors (Lipinski definition) is 1. The van der Waals surface area contributed by atoms with Crippen LogP contribution in [0.25, 0.3) is 12.2 Å². The number of fused-ring (bicyclic) bond motifs is 1. The van der Waals surface area contributed by atoms with E-state index in [-0.39, 0.29) is 24.1 Å². The molecule has 5 rings (SSSR count). The molecule has 3 aromatic rings. The number of nitrogens with one attached hydrogen (secondary N) is 1. The molecule has 3 aromatic heterocycles. The molecule has 0 bridgehead atoms. The van der Waals surface area contributed by atoms with Crippen molar-refractivity contribution in [2.45, 2.75) is 43.6 Å². The Morgan fingerprint density at radius 3 is 2.88 bits per heavy atom. The fraction of sp³-hybridized carbons (Fsp3) is 0.318. The number of carbonyl (C=O) groups is 1. The second-order valence-electron chi connectivity index (χ2n) is 7.81. The smallest absolute Gasteiger partial charge is 0.230 e. The number of pyridine rings is 1. The third-order valence-corrected chi connectivity index (χ3v) is 6.41. The zero-order valence-electron chi connectivity index (χ0n) is 16.9. The van der Waals surface area contributed by atoms with Crippen LogP contribution in [-0.2, 0) is 17.6 Å². The van der Waals surface area contributed by atoms with Gasteiger partial charge in [0.1, 0.15) is 28.7 Å². The number of carbonyl (C=O) groups excluding carboxylic acids is 1. The standard InChI is InChI=1S/C22H17N7O2S/c23-11-14-2-1-3-15(25-14)13-4-5-16-17(8-13)32-21(26-16)10-20-29-28-19(31-20)9-18(30)27-22(12-24)6-7-22/h1-3,5,8,13H,4,6-7,9-10H2,(H,27,30). The summed E-state index contributed by atoms with van der Waals surface area (Å²) in [5.74, 6) is 0.406. The van der Waals surface area contributed by atoms with E-state index in [2.05, 4.69) is 49.8 Å². The minimum atomic E-state index is -0.712. The van der Waals surface area contributed by atoms with Gasteiger partial charge in [-0.3, -0.25) is 4.79 Å². The van der Waals surface area contributed by atoms with Gasteiger partial charge in [0, 0.05) is 11.6 Å². The Labute approximate surface area is 186 Å². The maximum atomic E-state index is 12.1. The van der Waals surface area contributed by atoms with Crippen molar-refractivity contribution in [2.75, 3.05) is 0 Å². The fourth-order valence-corrected chi connectivity index (χ4v) is 4.61. The Bertz CT molecular complexity index is 1400. The SMILES string of the molecule is N#Cc1cccc(C2C=c3sc(Cc4nnc(CC(=O)NC5(C#N)CC5)o4)nc3=CC2)n1. The summed E-state index contributed by atoms with van der Waals surface area (Å²) in [5, 5.41) is 30.6. The van der Waals surface area contributed by atoms with Gasteiger partial charge in [0.25, 0.3) is 0 Å². The molecule has 3 heterocycles. The molecule has 1 atom stereocenters. The first-order chi connectivity index (χ1) is 15.6. The number of thiazole rings is 1. The Morgan fingerprint density at radius 1 is 1.25 bits per heavy atom. The minimum absolute atomic E-state index is 0.0528. The molecule has 9 nitrogen and oxygen atoms in total. The van der Waals surface area contributed by atoms with Gasteiger partial charge in [-0.1, -0.05) is 18.2 Å². The van der Waals surface area contributed by atoms with Crippen LogP contribution in [-0.4, -0.2) is 31.6 Å². The summed E-state index contributed by atoms with van der Waals surface area (Å²) in [6.45, 7) is 0. The van der Waals surface area contributed by atoms with E-state index in [4.69, 9.17) is 14.9 Å². The van der Waals surface area contributed by atoms with Crippen molar-refractivity contribution in [3.8, 4) is 12.1 Å². The van der Waals surface area contributed by atoms with Crippen LogP contribution >= 0.6 is 11.3 Å². The average molecular weight is 443 g/mol. The quantitative estimate of drug-likeness (QED) is 0.591. The first-order valence-corrected chi connectivity index (χ1v) is 11.0. The molecule has 0 aromatic carbocycles. The molecule has 0 aliphatic heterocycles. The van der Waals surface area contributed by atoms with Crippen molar-refractivity contribution in [2.24, 2.45) is 0 Å². The lowest BCUT2D eigenvalue weighted by atomic mass is 9.97. The van der Waals surface area contributed by atoms with Gasteiger partial charge in [-0.05, 0) is 31.4 Å². The second kappa shape index (κ2) is 7.98. The zero-order chi connectivity index (χ0) is 22.1. The van der Waals surface area contributed by atoms with Gasteiger partial charge in [0.05, 0.1) is 22.4 Å². The number of rotatable bonds is 6. The molecule has 1 saturated carbocycles. The molecule has 1 unspecified atom stereocenters. The van der Waals surface area contributed by atoms with Crippen molar-refractivity contribution >= 4 is 29.4 Å². The zero-order valence-corrected chi connectivity index (χ0v) is 17.7. The fourth-order valence-electron chi connectivity index (χ4n) is 3.55. The molecule has 0 radical (unpaired) electrons. The van der Waals surface area contributed by atoms with Crippen molar-refractivity contribution in [3.63, 3.8) is 0 Å². The Hall–Kier alpha value is -3.89. The predicted molar refractivity (Wildman–Crippen MR) is 113 cm³/mol. The van der Waals surface area contributed by atoms with Gasteiger partial charge in [0.2, 0.25) is 17.7 Å². The number of nitrogens with zero attached hydrogens (tertiary/aromatic N) is 6. The summed E-state index contributed by atoms with van der Waals surface area (Å²) in [7, 11) is 0. The van der Waals surface area contributed by atoms with E-state index in [1.807, 2.05) is 12.1 Å². The van der Waals surface area contributed by atoms with Gasteiger partial charge in [0.15, 0.2) is 0 Å². The van der Waals surface area contributed by atoms with E-state index in [1.54, 1.807) is 17.4 Å². The van der Waals surface area contributed by atoms with Gasteiger partial charge in [-0.15, -0.1) is 21.5 Å². The maximum Gasteiger partial charge on any atom is 0.230 e. The number of aromatic nitrogens is 4. The van der Waals surface area contributed by atoms with Crippen molar-refractivity contribution in [3.05, 3.63) is 56.3 Å². The van der Waals surface area contributed by atoms with Crippen LogP contribution in [0.1, 0.15) is 53.4 Å². The first kappa shape index (κ1) is 20.0. The van der Waals surface area contributed by atoms with E-state index < -0.39 is 5.54 Å². The largest absolute Gasteiger partial charge is 0.424 e. The summed E-state index contributed by atoms with van der Waals surface area (Å²) in [4.78, 5) is 21.2. The normalized spacial score (nSPS) is 17.8. The molecule has 10 heteroatoms.